The zero-order valence-electron chi connectivity index (χ0n) is 19.1. The number of carbonyl (C=O) groups is 1. The number of ether oxygens (including phenoxy) is 1. The first-order valence-electron chi connectivity index (χ1n) is 11.8. The molecule has 0 aromatic heterocycles. The number of hydrogen-bond acceptors (Lipinski definition) is 5. The smallest absolute Gasteiger partial charge is 0.341 e. The van der Waals surface area contributed by atoms with Gasteiger partial charge in [-0.2, -0.15) is 0 Å². The van der Waals surface area contributed by atoms with Crippen LogP contribution in [0.3, 0.4) is 0 Å². The Labute approximate surface area is 199 Å². The number of hydrogen-bond donors (Lipinski definition) is 2. The van der Waals surface area contributed by atoms with Crippen LogP contribution < -0.4 is 9.46 Å². The van der Waals surface area contributed by atoms with Crippen LogP contribution in [0.1, 0.15) is 53.6 Å². The molecule has 2 aliphatic heterocycles. The topological polar surface area (TPSA) is 95.9 Å². The minimum absolute atomic E-state index is 0.0240. The lowest BCUT2D eigenvalue weighted by Gasteiger charge is -2.31. The average Bonchev–Trinajstić information content (AvgIpc) is 3.59. The van der Waals surface area contributed by atoms with Crippen molar-refractivity contribution < 1.29 is 27.4 Å². The molecule has 2 atom stereocenters. The monoisotopic (exact) mass is 488 g/mol. The standard InChI is InChI=1S/C25H29FN2O5S/c1-2-28-9-7-15(8-10-28)11-16-12-18(26)3-6-22(16)34(31,32)27-21-5-4-19-20-13-17(20)14-33-24(19)23(21)25(29)30/h3-6,12,15,17,20,27H,2,7-11,13-14H2,1H3,(H,29,30). The number of nitrogens with zero attached hydrogens (tertiary/aromatic N) is 1. The van der Waals surface area contributed by atoms with Gasteiger partial charge in [0.15, 0.2) is 0 Å². The predicted molar refractivity (Wildman–Crippen MR) is 125 cm³/mol. The summed E-state index contributed by atoms with van der Waals surface area (Å²) in [6, 6.07) is 6.91. The Morgan fingerprint density at radius 1 is 1.24 bits per heavy atom. The van der Waals surface area contributed by atoms with Crippen LogP contribution >= 0.6 is 0 Å². The lowest BCUT2D eigenvalue weighted by molar-refractivity contribution is 0.0692. The van der Waals surface area contributed by atoms with Gasteiger partial charge in [-0.15, -0.1) is 0 Å². The highest BCUT2D eigenvalue weighted by Gasteiger charge is 2.45. The van der Waals surface area contributed by atoms with Crippen molar-refractivity contribution in [3.63, 3.8) is 0 Å². The van der Waals surface area contributed by atoms with Crippen LogP contribution in [0.15, 0.2) is 35.2 Å². The Balaban J connectivity index is 1.44. The van der Waals surface area contributed by atoms with Gasteiger partial charge < -0.3 is 14.7 Å². The van der Waals surface area contributed by atoms with Gasteiger partial charge in [0, 0.05) is 5.92 Å². The largest absolute Gasteiger partial charge is 0.492 e. The fraction of sp³-hybridized carbons (Fsp3) is 0.480. The van der Waals surface area contributed by atoms with E-state index in [0.717, 1.165) is 50.5 Å². The van der Waals surface area contributed by atoms with Crippen LogP contribution in [-0.4, -0.2) is 50.6 Å². The first-order chi connectivity index (χ1) is 16.3. The van der Waals surface area contributed by atoms with Crippen molar-refractivity contribution in [1.29, 1.82) is 0 Å². The fourth-order valence-electron chi connectivity index (χ4n) is 5.33. The Kier molecular flexibility index (Phi) is 6.02. The number of likely N-dealkylation sites (tertiary alicyclic amines) is 1. The van der Waals surface area contributed by atoms with Gasteiger partial charge in [0.05, 0.1) is 17.2 Å². The number of carboxylic acids is 1. The number of halogens is 1. The highest BCUT2D eigenvalue weighted by Crippen LogP contribution is 2.55. The molecule has 0 spiro atoms. The van der Waals surface area contributed by atoms with Crippen molar-refractivity contribution in [1.82, 2.24) is 4.90 Å². The summed E-state index contributed by atoms with van der Waals surface area (Å²) in [7, 11) is -4.16. The van der Waals surface area contributed by atoms with Gasteiger partial charge in [0.2, 0.25) is 0 Å². The lowest BCUT2D eigenvalue weighted by Crippen LogP contribution is -2.34. The number of anilines is 1. The maximum atomic E-state index is 14.1. The molecule has 2 heterocycles. The molecule has 5 rings (SSSR count). The normalized spacial score (nSPS) is 22.4. The molecule has 182 valence electrons. The van der Waals surface area contributed by atoms with Gasteiger partial charge in [-0.1, -0.05) is 13.0 Å². The SMILES string of the molecule is CCN1CCC(Cc2cc(F)ccc2S(=O)(=O)Nc2ccc3c(c2C(=O)O)OCC2CC32)CC1. The molecule has 7 nitrogen and oxygen atoms in total. The number of carboxylic acid groups (broad SMARTS) is 1. The molecule has 34 heavy (non-hydrogen) atoms. The quantitative estimate of drug-likeness (QED) is 0.609. The molecule has 2 aromatic rings. The van der Waals surface area contributed by atoms with E-state index in [1.54, 1.807) is 6.07 Å². The van der Waals surface area contributed by atoms with Crippen molar-refractivity contribution in [2.75, 3.05) is 31.0 Å². The Morgan fingerprint density at radius 2 is 2.00 bits per heavy atom. The molecule has 9 heteroatoms. The van der Waals surface area contributed by atoms with Crippen LogP contribution in [0, 0.1) is 17.7 Å². The van der Waals surface area contributed by atoms with Crippen LogP contribution in [0.4, 0.5) is 10.1 Å². The van der Waals surface area contributed by atoms with E-state index in [9.17, 15) is 22.7 Å². The number of aromatic carboxylic acids is 1. The van der Waals surface area contributed by atoms with E-state index in [2.05, 4.69) is 16.5 Å². The van der Waals surface area contributed by atoms with Crippen molar-refractivity contribution in [3.05, 3.63) is 52.8 Å². The minimum Gasteiger partial charge on any atom is -0.492 e. The van der Waals surface area contributed by atoms with Crippen molar-refractivity contribution >= 4 is 21.7 Å². The van der Waals surface area contributed by atoms with E-state index >= 15 is 0 Å². The summed E-state index contributed by atoms with van der Waals surface area (Å²) in [5, 5.41) is 9.87. The second-order valence-corrected chi connectivity index (χ2v) is 11.2. The molecule has 2 N–H and O–H groups in total. The first-order valence-corrected chi connectivity index (χ1v) is 13.3. The molecule has 2 unspecified atom stereocenters. The highest BCUT2D eigenvalue weighted by molar-refractivity contribution is 7.92. The van der Waals surface area contributed by atoms with Gasteiger partial charge in [-0.05, 0) is 92.5 Å². The van der Waals surface area contributed by atoms with Gasteiger partial charge in [0.25, 0.3) is 10.0 Å². The number of rotatable bonds is 7. The van der Waals surface area contributed by atoms with Crippen molar-refractivity contribution in [3.8, 4) is 5.75 Å². The fourth-order valence-corrected chi connectivity index (χ4v) is 6.64. The predicted octanol–water partition coefficient (Wildman–Crippen LogP) is 4.10. The van der Waals surface area contributed by atoms with Gasteiger partial charge in [-0.3, -0.25) is 4.72 Å². The van der Waals surface area contributed by atoms with E-state index < -0.39 is 21.8 Å². The summed E-state index contributed by atoms with van der Waals surface area (Å²) in [5.74, 6) is -0.564. The van der Waals surface area contributed by atoms with Gasteiger partial charge in [-0.25, -0.2) is 17.6 Å². The molecular weight excluding hydrogens is 459 g/mol. The molecule has 1 aliphatic carbocycles. The van der Waals surface area contributed by atoms with E-state index in [1.165, 1.54) is 18.2 Å². The number of benzene rings is 2. The first kappa shape index (κ1) is 23.1. The van der Waals surface area contributed by atoms with E-state index in [-0.39, 0.29) is 33.7 Å². The third-order valence-corrected chi connectivity index (χ3v) is 8.85. The van der Waals surface area contributed by atoms with Crippen LogP contribution in [0.25, 0.3) is 0 Å². The van der Waals surface area contributed by atoms with Crippen LogP contribution in [-0.2, 0) is 16.4 Å². The Morgan fingerprint density at radius 3 is 2.71 bits per heavy atom. The Hall–Kier alpha value is -2.65. The second kappa shape index (κ2) is 8.85. The summed E-state index contributed by atoms with van der Waals surface area (Å²) in [4.78, 5) is 14.4. The Bertz CT molecular complexity index is 1220. The molecule has 1 saturated carbocycles. The summed E-state index contributed by atoms with van der Waals surface area (Å²) >= 11 is 0. The third kappa shape index (κ3) is 4.38. The van der Waals surface area contributed by atoms with Crippen LogP contribution in [0.5, 0.6) is 5.75 Å². The summed E-state index contributed by atoms with van der Waals surface area (Å²) in [5.41, 5.74) is 1.01. The zero-order valence-corrected chi connectivity index (χ0v) is 19.9. The lowest BCUT2D eigenvalue weighted by atomic mass is 9.90. The molecule has 3 aliphatic rings. The molecule has 1 saturated heterocycles. The van der Waals surface area contributed by atoms with E-state index in [0.29, 0.717) is 24.5 Å². The summed E-state index contributed by atoms with van der Waals surface area (Å²) in [6.45, 7) is 5.41. The molecule has 0 radical (unpaired) electrons. The number of nitrogens with one attached hydrogen (secondary N) is 1. The second-order valence-electron chi connectivity index (χ2n) is 9.56. The van der Waals surface area contributed by atoms with Crippen molar-refractivity contribution in [2.24, 2.45) is 11.8 Å². The van der Waals surface area contributed by atoms with Gasteiger partial charge >= 0.3 is 5.97 Å². The number of piperidine rings is 1. The average molecular weight is 489 g/mol. The minimum atomic E-state index is -4.16. The third-order valence-electron chi connectivity index (χ3n) is 7.39. The highest BCUT2D eigenvalue weighted by atomic mass is 32.2. The summed E-state index contributed by atoms with van der Waals surface area (Å²) < 4.78 is 49.1. The number of fused-ring (bicyclic) bond motifs is 3. The maximum absolute atomic E-state index is 14.1. The molecular formula is C25H29FN2O5S. The summed E-state index contributed by atoms with van der Waals surface area (Å²) in [6.07, 6.45) is 3.25. The van der Waals surface area contributed by atoms with Crippen LogP contribution in [0.2, 0.25) is 0 Å². The molecule has 2 fully saturated rings. The molecule has 2 aromatic carbocycles. The number of sulfonamides is 1. The molecule has 0 bridgehead atoms. The molecule has 0 amide bonds. The zero-order chi connectivity index (χ0) is 24.0. The van der Waals surface area contributed by atoms with Gasteiger partial charge in [0.1, 0.15) is 17.1 Å². The van der Waals surface area contributed by atoms with Crippen molar-refractivity contribution in [2.45, 2.75) is 43.4 Å². The van der Waals surface area contributed by atoms with E-state index in [1.807, 2.05) is 0 Å². The van der Waals surface area contributed by atoms with E-state index in [4.69, 9.17) is 4.74 Å². The maximum Gasteiger partial charge on any atom is 0.341 e.